The molecule has 1 amide bonds. The second-order valence-electron chi connectivity index (χ2n) is 6.44. The lowest BCUT2D eigenvalue weighted by Gasteiger charge is -2.07. The van der Waals surface area contributed by atoms with Crippen molar-refractivity contribution in [3.8, 4) is 5.75 Å². The first-order chi connectivity index (χ1) is 14.1. The summed E-state index contributed by atoms with van der Waals surface area (Å²) in [4.78, 5) is 33.9. The number of ketones is 1. The summed E-state index contributed by atoms with van der Waals surface area (Å²) in [6.45, 7) is 1.10. The van der Waals surface area contributed by atoms with Crippen molar-refractivity contribution in [2.45, 2.75) is 25.7 Å². The van der Waals surface area contributed by atoms with Gasteiger partial charge < -0.3 is 15.2 Å². The Kier molecular flexibility index (Phi) is 9.15. The SMILES string of the molecule is O=C(O)C=CC(=O)NCCCCCCOc1ccc(C(=O)c2ccccc2)cc1. The zero-order chi connectivity index (χ0) is 20.9. The lowest BCUT2D eigenvalue weighted by atomic mass is 10.0. The van der Waals surface area contributed by atoms with E-state index in [1.165, 1.54) is 0 Å². The summed E-state index contributed by atoms with van der Waals surface area (Å²) in [5.74, 6) is -0.822. The van der Waals surface area contributed by atoms with E-state index in [0.717, 1.165) is 43.6 Å². The van der Waals surface area contributed by atoms with Crippen molar-refractivity contribution in [1.29, 1.82) is 0 Å². The van der Waals surface area contributed by atoms with Gasteiger partial charge in [-0.05, 0) is 37.1 Å². The molecule has 0 aromatic heterocycles. The van der Waals surface area contributed by atoms with Gasteiger partial charge in [0.15, 0.2) is 5.78 Å². The predicted octanol–water partition coefficient (Wildman–Crippen LogP) is 3.61. The molecule has 6 nitrogen and oxygen atoms in total. The van der Waals surface area contributed by atoms with Gasteiger partial charge in [-0.2, -0.15) is 0 Å². The molecule has 0 atom stereocenters. The fraction of sp³-hybridized carbons (Fsp3) is 0.261. The highest BCUT2D eigenvalue weighted by Gasteiger charge is 2.08. The Morgan fingerprint density at radius 3 is 2.17 bits per heavy atom. The quantitative estimate of drug-likeness (QED) is 0.325. The standard InChI is InChI=1S/C23H25NO5/c25-21(14-15-22(26)27)24-16-6-1-2-7-17-29-20-12-10-19(11-13-20)23(28)18-8-4-3-5-9-18/h3-5,8-15H,1-2,6-7,16-17H2,(H,24,25)(H,26,27). The van der Waals surface area contributed by atoms with Crippen LogP contribution in [0, 0.1) is 0 Å². The van der Waals surface area contributed by atoms with Gasteiger partial charge in [-0.15, -0.1) is 0 Å². The molecule has 2 N–H and O–H groups in total. The summed E-state index contributed by atoms with van der Waals surface area (Å²) in [7, 11) is 0. The molecule has 2 aromatic rings. The van der Waals surface area contributed by atoms with Crippen LogP contribution < -0.4 is 10.1 Å². The number of amides is 1. The molecule has 0 bridgehead atoms. The topological polar surface area (TPSA) is 92.7 Å². The lowest BCUT2D eigenvalue weighted by Crippen LogP contribution is -2.22. The third-order valence-corrected chi connectivity index (χ3v) is 4.17. The van der Waals surface area contributed by atoms with Crippen LogP contribution in [-0.2, 0) is 9.59 Å². The number of nitrogens with one attached hydrogen (secondary N) is 1. The Balaban J connectivity index is 1.58. The van der Waals surface area contributed by atoms with Gasteiger partial charge in [-0.3, -0.25) is 9.59 Å². The molecule has 0 saturated heterocycles. The Bertz CT molecular complexity index is 828. The van der Waals surface area contributed by atoms with Gasteiger partial charge in [0, 0.05) is 29.8 Å². The first-order valence-electron chi connectivity index (χ1n) is 9.58. The maximum atomic E-state index is 12.4. The van der Waals surface area contributed by atoms with Gasteiger partial charge in [0.25, 0.3) is 0 Å². The monoisotopic (exact) mass is 395 g/mol. The van der Waals surface area contributed by atoms with Crippen LogP contribution in [0.5, 0.6) is 5.75 Å². The van der Waals surface area contributed by atoms with Crippen LogP contribution in [0.1, 0.15) is 41.6 Å². The summed E-state index contributed by atoms with van der Waals surface area (Å²) in [6.07, 6.45) is 5.44. The summed E-state index contributed by atoms with van der Waals surface area (Å²) in [5, 5.41) is 11.1. The van der Waals surface area contributed by atoms with Crippen molar-refractivity contribution < 1.29 is 24.2 Å². The number of carboxylic acid groups (broad SMARTS) is 1. The van der Waals surface area contributed by atoms with Crippen LogP contribution >= 0.6 is 0 Å². The van der Waals surface area contributed by atoms with Crippen LogP contribution in [0.2, 0.25) is 0 Å². The maximum absolute atomic E-state index is 12.4. The molecular weight excluding hydrogens is 370 g/mol. The summed E-state index contributed by atoms with van der Waals surface area (Å²) >= 11 is 0. The number of aliphatic carboxylic acids is 1. The first kappa shape index (κ1) is 21.9. The highest BCUT2D eigenvalue weighted by atomic mass is 16.5. The Morgan fingerprint density at radius 1 is 0.828 bits per heavy atom. The average molecular weight is 395 g/mol. The van der Waals surface area contributed by atoms with Gasteiger partial charge in [0.2, 0.25) is 5.91 Å². The van der Waals surface area contributed by atoms with E-state index in [-0.39, 0.29) is 5.78 Å². The summed E-state index contributed by atoms with van der Waals surface area (Å²) in [5.41, 5.74) is 1.29. The molecule has 0 aliphatic rings. The van der Waals surface area contributed by atoms with Gasteiger partial charge in [-0.25, -0.2) is 4.79 Å². The molecular formula is C23H25NO5. The molecule has 2 aromatic carbocycles. The van der Waals surface area contributed by atoms with E-state index in [0.29, 0.717) is 24.3 Å². The van der Waals surface area contributed by atoms with E-state index in [1.54, 1.807) is 36.4 Å². The van der Waals surface area contributed by atoms with Crippen LogP contribution in [-0.4, -0.2) is 35.9 Å². The number of carbonyl (C=O) groups excluding carboxylic acids is 2. The van der Waals surface area contributed by atoms with E-state index in [1.807, 2.05) is 18.2 Å². The third-order valence-electron chi connectivity index (χ3n) is 4.17. The van der Waals surface area contributed by atoms with Gasteiger partial charge >= 0.3 is 5.97 Å². The molecule has 0 spiro atoms. The smallest absolute Gasteiger partial charge is 0.328 e. The van der Waals surface area contributed by atoms with Gasteiger partial charge in [0.1, 0.15) is 5.75 Å². The van der Waals surface area contributed by atoms with Crippen molar-refractivity contribution in [3.63, 3.8) is 0 Å². The number of rotatable bonds is 12. The van der Waals surface area contributed by atoms with Gasteiger partial charge in [-0.1, -0.05) is 43.2 Å². The van der Waals surface area contributed by atoms with Crippen molar-refractivity contribution in [2.75, 3.05) is 13.2 Å². The van der Waals surface area contributed by atoms with E-state index < -0.39 is 11.9 Å². The number of hydrogen-bond acceptors (Lipinski definition) is 4. The Labute approximate surface area is 170 Å². The van der Waals surface area contributed by atoms with Gasteiger partial charge in [0.05, 0.1) is 6.61 Å². The van der Waals surface area contributed by atoms with Crippen LogP contribution in [0.3, 0.4) is 0 Å². The number of carboxylic acids is 1. The predicted molar refractivity (Wildman–Crippen MR) is 110 cm³/mol. The fourth-order valence-corrected chi connectivity index (χ4v) is 2.65. The zero-order valence-corrected chi connectivity index (χ0v) is 16.2. The number of hydrogen-bond donors (Lipinski definition) is 2. The number of benzene rings is 2. The normalized spacial score (nSPS) is 10.6. The second kappa shape index (κ2) is 12.1. The molecule has 152 valence electrons. The molecule has 0 radical (unpaired) electrons. The van der Waals surface area contributed by atoms with Crippen LogP contribution in [0.25, 0.3) is 0 Å². The first-order valence-corrected chi connectivity index (χ1v) is 9.58. The molecule has 0 saturated carbocycles. The highest BCUT2D eigenvalue weighted by Crippen LogP contribution is 2.16. The average Bonchev–Trinajstić information content (AvgIpc) is 2.74. The maximum Gasteiger partial charge on any atom is 0.328 e. The fourth-order valence-electron chi connectivity index (χ4n) is 2.65. The van der Waals surface area contributed by atoms with Crippen LogP contribution in [0.15, 0.2) is 66.7 Å². The number of unbranched alkanes of at least 4 members (excludes halogenated alkanes) is 3. The molecule has 29 heavy (non-hydrogen) atoms. The largest absolute Gasteiger partial charge is 0.494 e. The lowest BCUT2D eigenvalue weighted by molar-refractivity contribution is -0.131. The number of carbonyl (C=O) groups is 3. The van der Waals surface area contributed by atoms with Crippen LogP contribution in [0.4, 0.5) is 0 Å². The minimum absolute atomic E-state index is 0.0114. The zero-order valence-electron chi connectivity index (χ0n) is 16.2. The highest BCUT2D eigenvalue weighted by molar-refractivity contribution is 6.08. The number of ether oxygens (including phenoxy) is 1. The minimum Gasteiger partial charge on any atom is -0.494 e. The van der Waals surface area contributed by atoms with E-state index in [9.17, 15) is 14.4 Å². The molecule has 0 aliphatic heterocycles. The summed E-state index contributed by atoms with van der Waals surface area (Å²) in [6, 6.07) is 16.3. The summed E-state index contributed by atoms with van der Waals surface area (Å²) < 4.78 is 5.70. The molecule has 0 unspecified atom stereocenters. The molecule has 0 aliphatic carbocycles. The molecule has 2 rings (SSSR count). The van der Waals surface area contributed by atoms with Crippen molar-refractivity contribution >= 4 is 17.7 Å². The van der Waals surface area contributed by atoms with E-state index in [4.69, 9.17) is 9.84 Å². The van der Waals surface area contributed by atoms with Crippen molar-refractivity contribution in [3.05, 3.63) is 77.9 Å². The molecule has 0 heterocycles. The van der Waals surface area contributed by atoms with Crippen molar-refractivity contribution in [1.82, 2.24) is 5.32 Å². The Morgan fingerprint density at radius 2 is 1.48 bits per heavy atom. The van der Waals surface area contributed by atoms with E-state index >= 15 is 0 Å². The minimum atomic E-state index is -1.14. The second-order valence-corrected chi connectivity index (χ2v) is 6.44. The molecule has 0 fully saturated rings. The molecule has 6 heteroatoms. The third kappa shape index (κ3) is 8.43. The van der Waals surface area contributed by atoms with E-state index in [2.05, 4.69) is 5.32 Å². The van der Waals surface area contributed by atoms with Crippen molar-refractivity contribution in [2.24, 2.45) is 0 Å². The Hall–Kier alpha value is -3.41.